The van der Waals surface area contributed by atoms with Crippen LogP contribution in [0.5, 0.6) is 0 Å². The number of hydrogen-bond donors (Lipinski definition) is 2. The molecule has 0 spiro atoms. The summed E-state index contributed by atoms with van der Waals surface area (Å²) in [6, 6.07) is 19.9. The molecule has 1 aliphatic rings. The van der Waals surface area contributed by atoms with Gasteiger partial charge in [0, 0.05) is 40.9 Å². The zero-order valence-electron chi connectivity index (χ0n) is 18.3. The van der Waals surface area contributed by atoms with E-state index in [0.29, 0.717) is 23.4 Å². The minimum Gasteiger partial charge on any atom is -0.370 e. The van der Waals surface area contributed by atoms with Gasteiger partial charge in [0.2, 0.25) is 0 Å². The number of fused-ring (bicyclic) bond motifs is 2. The quantitative estimate of drug-likeness (QED) is 0.345. The van der Waals surface area contributed by atoms with Crippen LogP contribution < -0.4 is 10.6 Å². The maximum atomic E-state index is 13.6. The number of aromatic nitrogens is 1. The number of ketones is 1. The molecule has 34 heavy (non-hydrogen) atoms. The largest absolute Gasteiger partial charge is 0.370 e. The van der Waals surface area contributed by atoms with Crippen molar-refractivity contribution in [2.45, 2.75) is 19.5 Å². The SMILES string of the molecule is Cc1ccc(F)cc1C(=O)Nc1ccc(C(=O)C2Nc3ccccc3Cn3cccc32)c(Cl)c1. The first-order valence-corrected chi connectivity index (χ1v) is 11.2. The molecule has 4 aromatic rings. The highest BCUT2D eigenvalue weighted by Gasteiger charge is 2.29. The topological polar surface area (TPSA) is 63.1 Å². The van der Waals surface area contributed by atoms with Crippen LogP contribution in [0.1, 0.15) is 43.6 Å². The summed E-state index contributed by atoms with van der Waals surface area (Å²) in [5, 5.41) is 6.32. The number of amides is 1. The Labute approximate surface area is 201 Å². The van der Waals surface area contributed by atoms with E-state index in [1.807, 2.05) is 47.2 Å². The van der Waals surface area contributed by atoms with Crippen LogP contribution in [0.15, 0.2) is 79.0 Å². The molecule has 0 fully saturated rings. The Morgan fingerprint density at radius 3 is 2.68 bits per heavy atom. The summed E-state index contributed by atoms with van der Waals surface area (Å²) in [6.45, 7) is 2.39. The number of carbonyl (C=O) groups excluding carboxylic acids is 2. The summed E-state index contributed by atoms with van der Waals surface area (Å²) in [5.74, 6) is -1.12. The molecular formula is C27H21ClFN3O2. The number of benzene rings is 3. The van der Waals surface area contributed by atoms with Crippen LogP contribution in [0.25, 0.3) is 0 Å². The van der Waals surface area contributed by atoms with Crippen LogP contribution in [-0.2, 0) is 6.54 Å². The van der Waals surface area contributed by atoms with Gasteiger partial charge in [-0.1, -0.05) is 35.9 Å². The second-order valence-corrected chi connectivity index (χ2v) is 8.67. The number of carbonyl (C=O) groups is 2. The van der Waals surface area contributed by atoms with Gasteiger partial charge in [0.15, 0.2) is 5.78 Å². The third kappa shape index (κ3) is 4.08. The van der Waals surface area contributed by atoms with E-state index in [2.05, 4.69) is 10.6 Å². The molecule has 0 radical (unpaired) electrons. The number of anilines is 2. The maximum Gasteiger partial charge on any atom is 0.256 e. The summed E-state index contributed by atoms with van der Waals surface area (Å²) in [4.78, 5) is 26.2. The summed E-state index contributed by atoms with van der Waals surface area (Å²) in [5.41, 5.74) is 4.47. The average molecular weight is 474 g/mol. The second kappa shape index (κ2) is 8.80. The lowest BCUT2D eigenvalue weighted by atomic mass is 10.0. The maximum absolute atomic E-state index is 13.6. The van der Waals surface area contributed by atoms with Crippen molar-refractivity contribution < 1.29 is 14.0 Å². The number of nitrogens with zero attached hydrogens (tertiary/aromatic N) is 1. The Kier molecular flexibility index (Phi) is 5.67. The van der Waals surface area contributed by atoms with Crippen molar-refractivity contribution >= 4 is 34.7 Å². The molecule has 1 aliphatic heterocycles. The minimum absolute atomic E-state index is 0.180. The Morgan fingerprint density at radius 2 is 1.85 bits per heavy atom. The number of Topliss-reactive ketones (excluding diaryl/α,β-unsaturated/α-hetero) is 1. The fraction of sp³-hybridized carbons (Fsp3) is 0.111. The first kappa shape index (κ1) is 21.9. The van der Waals surface area contributed by atoms with Gasteiger partial charge in [0.25, 0.3) is 5.91 Å². The molecule has 0 saturated heterocycles. The van der Waals surface area contributed by atoms with Crippen molar-refractivity contribution in [1.82, 2.24) is 4.57 Å². The number of hydrogen-bond acceptors (Lipinski definition) is 3. The van der Waals surface area contributed by atoms with Crippen LogP contribution in [-0.4, -0.2) is 16.3 Å². The molecule has 1 aromatic heterocycles. The fourth-order valence-corrected chi connectivity index (χ4v) is 4.50. The Morgan fingerprint density at radius 1 is 1.03 bits per heavy atom. The van der Waals surface area contributed by atoms with Crippen molar-refractivity contribution in [2.24, 2.45) is 0 Å². The van der Waals surface area contributed by atoms with Gasteiger partial charge in [-0.2, -0.15) is 0 Å². The molecule has 7 heteroatoms. The van der Waals surface area contributed by atoms with E-state index in [0.717, 1.165) is 16.9 Å². The highest BCUT2D eigenvalue weighted by Crippen LogP contribution is 2.33. The number of para-hydroxylation sites is 1. The van der Waals surface area contributed by atoms with E-state index in [1.54, 1.807) is 25.1 Å². The van der Waals surface area contributed by atoms with E-state index >= 15 is 0 Å². The third-order valence-electron chi connectivity index (χ3n) is 6.02. The van der Waals surface area contributed by atoms with Gasteiger partial charge in [0.1, 0.15) is 11.9 Å². The van der Waals surface area contributed by atoms with E-state index in [9.17, 15) is 14.0 Å². The molecule has 0 bridgehead atoms. The zero-order chi connectivity index (χ0) is 23.8. The summed E-state index contributed by atoms with van der Waals surface area (Å²) < 4.78 is 15.6. The molecule has 3 aromatic carbocycles. The van der Waals surface area contributed by atoms with Crippen LogP contribution in [0.3, 0.4) is 0 Å². The van der Waals surface area contributed by atoms with E-state index in [-0.39, 0.29) is 16.4 Å². The average Bonchev–Trinajstić information content (AvgIpc) is 3.21. The molecular weight excluding hydrogens is 453 g/mol. The first-order valence-electron chi connectivity index (χ1n) is 10.8. The lowest BCUT2D eigenvalue weighted by Crippen LogP contribution is -2.22. The molecule has 5 nitrogen and oxygen atoms in total. The molecule has 2 heterocycles. The lowest BCUT2D eigenvalue weighted by molar-refractivity contribution is 0.0966. The van der Waals surface area contributed by atoms with Gasteiger partial charge in [-0.05, 0) is 66.6 Å². The Bertz CT molecular complexity index is 1430. The molecule has 170 valence electrons. The standard InChI is InChI=1S/C27H21ClFN3O2/c1-16-8-9-18(29)13-21(16)27(34)30-19-10-11-20(22(28)14-19)26(33)25-24-7-4-12-32(24)15-17-5-2-3-6-23(17)31-25/h2-14,25,31H,15H2,1H3,(H,30,34). The van der Waals surface area contributed by atoms with Crippen LogP contribution in [0.2, 0.25) is 5.02 Å². The van der Waals surface area contributed by atoms with E-state index < -0.39 is 17.8 Å². The van der Waals surface area contributed by atoms with Crippen molar-refractivity contribution in [3.8, 4) is 0 Å². The van der Waals surface area contributed by atoms with Crippen molar-refractivity contribution in [2.75, 3.05) is 10.6 Å². The van der Waals surface area contributed by atoms with Gasteiger partial charge >= 0.3 is 0 Å². The molecule has 0 saturated carbocycles. The zero-order valence-corrected chi connectivity index (χ0v) is 19.1. The second-order valence-electron chi connectivity index (χ2n) is 8.27. The summed E-state index contributed by atoms with van der Waals surface area (Å²) in [6.07, 6.45) is 1.95. The predicted molar refractivity (Wildman–Crippen MR) is 131 cm³/mol. The van der Waals surface area contributed by atoms with Crippen molar-refractivity contribution in [3.63, 3.8) is 0 Å². The van der Waals surface area contributed by atoms with E-state index in [4.69, 9.17) is 11.6 Å². The molecule has 1 atom stereocenters. The molecule has 1 amide bonds. The van der Waals surface area contributed by atoms with Gasteiger partial charge in [-0.15, -0.1) is 0 Å². The normalized spacial score (nSPS) is 14.4. The van der Waals surface area contributed by atoms with Gasteiger partial charge in [-0.25, -0.2) is 4.39 Å². The molecule has 2 N–H and O–H groups in total. The van der Waals surface area contributed by atoms with Gasteiger partial charge in [-0.3, -0.25) is 9.59 Å². The monoisotopic (exact) mass is 473 g/mol. The highest BCUT2D eigenvalue weighted by atomic mass is 35.5. The lowest BCUT2D eigenvalue weighted by Gasteiger charge is -2.19. The summed E-state index contributed by atoms with van der Waals surface area (Å²) in [7, 11) is 0. The molecule has 1 unspecified atom stereocenters. The predicted octanol–water partition coefficient (Wildman–Crippen LogP) is 6.24. The number of rotatable bonds is 4. The van der Waals surface area contributed by atoms with Crippen LogP contribution >= 0.6 is 11.6 Å². The Balaban J connectivity index is 1.42. The van der Waals surface area contributed by atoms with Crippen molar-refractivity contribution in [1.29, 1.82) is 0 Å². The van der Waals surface area contributed by atoms with E-state index in [1.165, 1.54) is 18.2 Å². The Hall–Kier alpha value is -3.90. The smallest absolute Gasteiger partial charge is 0.256 e. The van der Waals surface area contributed by atoms with Crippen molar-refractivity contribution in [3.05, 3.63) is 118 Å². The van der Waals surface area contributed by atoms with Gasteiger partial charge < -0.3 is 15.2 Å². The fourth-order valence-electron chi connectivity index (χ4n) is 4.23. The summed E-state index contributed by atoms with van der Waals surface area (Å²) >= 11 is 6.50. The first-order chi connectivity index (χ1) is 16.4. The number of aryl methyl sites for hydroxylation is 1. The molecule has 0 aliphatic carbocycles. The van der Waals surface area contributed by atoms with Crippen LogP contribution in [0, 0.1) is 12.7 Å². The number of halogens is 2. The van der Waals surface area contributed by atoms with Crippen LogP contribution in [0.4, 0.5) is 15.8 Å². The van der Waals surface area contributed by atoms with Gasteiger partial charge in [0.05, 0.1) is 5.02 Å². The third-order valence-corrected chi connectivity index (χ3v) is 6.33. The number of nitrogens with one attached hydrogen (secondary N) is 2. The molecule has 5 rings (SSSR count). The minimum atomic E-state index is -0.619. The highest BCUT2D eigenvalue weighted by molar-refractivity contribution is 6.34.